The first-order chi connectivity index (χ1) is 8.36. The standard InChI is InChI=1S/C11H13N3O3/c1-15-7-5-8(12-6-7)11-13-10(14-17-11)9-3-2-4-16-9/h2-4,7-8,12H,5-6H2,1H3/t7-,8+/m0/s1. The van der Waals surface area contributed by atoms with E-state index >= 15 is 0 Å². The Morgan fingerprint density at radius 3 is 3.18 bits per heavy atom. The number of furan rings is 1. The van der Waals surface area contributed by atoms with Crippen molar-refractivity contribution in [3.05, 3.63) is 24.3 Å². The van der Waals surface area contributed by atoms with Gasteiger partial charge in [-0.3, -0.25) is 0 Å². The zero-order chi connectivity index (χ0) is 11.7. The second kappa shape index (κ2) is 4.31. The molecule has 2 atom stereocenters. The van der Waals surface area contributed by atoms with Crippen LogP contribution >= 0.6 is 0 Å². The van der Waals surface area contributed by atoms with Gasteiger partial charge in [-0.2, -0.15) is 4.98 Å². The van der Waals surface area contributed by atoms with Crippen LogP contribution in [0.5, 0.6) is 0 Å². The Kier molecular flexibility index (Phi) is 2.66. The molecule has 1 saturated heterocycles. The summed E-state index contributed by atoms with van der Waals surface area (Å²) in [7, 11) is 1.71. The van der Waals surface area contributed by atoms with E-state index in [0.717, 1.165) is 13.0 Å². The molecule has 0 saturated carbocycles. The van der Waals surface area contributed by atoms with Crippen LogP contribution in [0.15, 0.2) is 27.3 Å². The lowest BCUT2D eigenvalue weighted by molar-refractivity contribution is 0.116. The first-order valence-electron chi connectivity index (χ1n) is 5.50. The molecular formula is C11H13N3O3. The normalized spacial score (nSPS) is 24.3. The van der Waals surface area contributed by atoms with Gasteiger partial charge < -0.3 is 19.0 Å². The van der Waals surface area contributed by atoms with E-state index in [1.165, 1.54) is 0 Å². The molecule has 0 spiro atoms. The number of nitrogens with one attached hydrogen (secondary N) is 1. The summed E-state index contributed by atoms with van der Waals surface area (Å²) in [5.41, 5.74) is 0. The van der Waals surface area contributed by atoms with Gasteiger partial charge in [0, 0.05) is 13.7 Å². The van der Waals surface area contributed by atoms with Gasteiger partial charge in [0.15, 0.2) is 5.76 Å². The maximum atomic E-state index is 5.27. The monoisotopic (exact) mass is 235 g/mol. The molecule has 6 heteroatoms. The van der Waals surface area contributed by atoms with E-state index in [-0.39, 0.29) is 12.1 Å². The minimum atomic E-state index is 0.0659. The van der Waals surface area contributed by atoms with Crippen molar-refractivity contribution < 1.29 is 13.7 Å². The highest BCUT2D eigenvalue weighted by molar-refractivity contribution is 5.44. The Morgan fingerprint density at radius 1 is 1.53 bits per heavy atom. The summed E-state index contributed by atoms with van der Waals surface area (Å²) in [6.45, 7) is 0.805. The molecule has 3 rings (SSSR count). The van der Waals surface area contributed by atoms with E-state index in [9.17, 15) is 0 Å². The summed E-state index contributed by atoms with van der Waals surface area (Å²) in [5, 5.41) is 7.17. The molecular weight excluding hydrogens is 222 g/mol. The fraction of sp³-hybridized carbons (Fsp3) is 0.455. The second-order valence-electron chi connectivity index (χ2n) is 3.99. The fourth-order valence-corrected chi connectivity index (χ4v) is 1.95. The Bertz CT molecular complexity index is 480. The van der Waals surface area contributed by atoms with Gasteiger partial charge in [-0.05, 0) is 18.6 Å². The van der Waals surface area contributed by atoms with Crippen molar-refractivity contribution in [2.75, 3.05) is 13.7 Å². The number of hydrogen-bond donors (Lipinski definition) is 1. The third-order valence-electron chi connectivity index (χ3n) is 2.91. The number of rotatable bonds is 3. The van der Waals surface area contributed by atoms with Crippen molar-refractivity contribution in [2.45, 2.75) is 18.6 Å². The van der Waals surface area contributed by atoms with Crippen molar-refractivity contribution >= 4 is 0 Å². The second-order valence-corrected chi connectivity index (χ2v) is 3.99. The van der Waals surface area contributed by atoms with Crippen LogP contribution < -0.4 is 5.32 Å². The molecule has 0 bridgehead atoms. The van der Waals surface area contributed by atoms with Crippen LogP contribution in [0.3, 0.4) is 0 Å². The summed E-state index contributed by atoms with van der Waals surface area (Å²) < 4.78 is 15.7. The molecule has 0 aliphatic carbocycles. The van der Waals surface area contributed by atoms with Crippen molar-refractivity contribution in [3.63, 3.8) is 0 Å². The van der Waals surface area contributed by atoms with E-state index in [1.54, 1.807) is 25.5 Å². The molecule has 17 heavy (non-hydrogen) atoms. The van der Waals surface area contributed by atoms with Crippen molar-refractivity contribution in [1.82, 2.24) is 15.5 Å². The zero-order valence-electron chi connectivity index (χ0n) is 9.42. The van der Waals surface area contributed by atoms with E-state index in [4.69, 9.17) is 13.7 Å². The molecule has 2 aromatic heterocycles. The Morgan fingerprint density at radius 2 is 2.47 bits per heavy atom. The van der Waals surface area contributed by atoms with Crippen molar-refractivity contribution in [2.24, 2.45) is 0 Å². The van der Waals surface area contributed by atoms with Crippen LogP contribution in [0.1, 0.15) is 18.4 Å². The summed E-state index contributed by atoms with van der Waals surface area (Å²) in [5.74, 6) is 1.67. The minimum Gasteiger partial charge on any atom is -0.461 e. The average molecular weight is 235 g/mol. The third-order valence-corrected chi connectivity index (χ3v) is 2.91. The highest BCUT2D eigenvalue weighted by atomic mass is 16.5. The van der Waals surface area contributed by atoms with Gasteiger partial charge in [-0.15, -0.1) is 0 Å². The third kappa shape index (κ3) is 1.96. The molecule has 1 aliphatic heterocycles. The molecule has 6 nitrogen and oxygen atoms in total. The number of hydrogen-bond acceptors (Lipinski definition) is 6. The van der Waals surface area contributed by atoms with E-state index in [1.807, 2.05) is 0 Å². The number of aromatic nitrogens is 2. The Hall–Kier alpha value is -1.66. The SMILES string of the molecule is CO[C@@H]1CN[C@@H](c2nc(-c3ccco3)no2)C1. The highest BCUT2D eigenvalue weighted by Crippen LogP contribution is 2.25. The molecule has 2 aromatic rings. The lowest BCUT2D eigenvalue weighted by Gasteiger charge is -2.04. The summed E-state index contributed by atoms with van der Waals surface area (Å²) in [6.07, 6.45) is 2.63. The molecule has 90 valence electrons. The smallest absolute Gasteiger partial charge is 0.244 e. The minimum absolute atomic E-state index is 0.0659. The number of nitrogens with zero attached hydrogens (tertiary/aromatic N) is 2. The largest absolute Gasteiger partial charge is 0.461 e. The van der Waals surface area contributed by atoms with Gasteiger partial charge >= 0.3 is 0 Å². The van der Waals surface area contributed by atoms with Gasteiger partial charge in [0.05, 0.1) is 18.4 Å². The molecule has 0 aromatic carbocycles. The van der Waals surface area contributed by atoms with Crippen molar-refractivity contribution in [3.8, 4) is 11.6 Å². The molecule has 3 heterocycles. The lowest BCUT2D eigenvalue weighted by Crippen LogP contribution is -2.16. The van der Waals surface area contributed by atoms with Gasteiger partial charge in [0.2, 0.25) is 11.7 Å². The average Bonchev–Trinajstić information content (AvgIpc) is 3.09. The van der Waals surface area contributed by atoms with E-state index < -0.39 is 0 Å². The number of methoxy groups -OCH3 is 1. The van der Waals surface area contributed by atoms with Crippen LogP contribution in [-0.4, -0.2) is 29.9 Å². The first kappa shape index (κ1) is 10.5. The molecule has 1 N–H and O–H groups in total. The predicted octanol–water partition coefficient (Wildman–Crippen LogP) is 1.38. The predicted molar refractivity (Wildman–Crippen MR) is 58.2 cm³/mol. The number of ether oxygens (including phenoxy) is 1. The quantitative estimate of drug-likeness (QED) is 0.866. The first-order valence-corrected chi connectivity index (χ1v) is 5.50. The Balaban J connectivity index is 1.77. The van der Waals surface area contributed by atoms with Crippen LogP contribution in [-0.2, 0) is 4.74 Å². The maximum absolute atomic E-state index is 5.27. The van der Waals surface area contributed by atoms with E-state index in [0.29, 0.717) is 17.5 Å². The van der Waals surface area contributed by atoms with Crippen LogP contribution in [0.4, 0.5) is 0 Å². The molecule has 0 amide bonds. The Labute approximate surface area is 98.0 Å². The van der Waals surface area contributed by atoms with Gasteiger partial charge in [0.25, 0.3) is 0 Å². The van der Waals surface area contributed by atoms with Gasteiger partial charge in [-0.25, -0.2) is 0 Å². The van der Waals surface area contributed by atoms with Gasteiger partial charge in [0.1, 0.15) is 0 Å². The van der Waals surface area contributed by atoms with E-state index in [2.05, 4.69) is 15.5 Å². The zero-order valence-corrected chi connectivity index (χ0v) is 9.42. The summed E-state index contributed by atoms with van der Waals surface area (Å²) in [4.78, 5) is 4.31. The topological polar surface area (TPSA) is 73.3 Å². The molecule has 0 radical (unpaired) electrons. The fourth-order valence-electron chi connectivity index (χ4n) is 1.95. The summed E-state index contributed by atoms with van der Waals surface area (Å²) >= 11 is 0. The van der Waals surface area contributed by atoms with Gasteiger partial charge in [-0.1, -0.05) is 5.16 Å². The lowest BCUT2D eigenvalue weighted by atomic mass is 10.2. The molecule has 1 fully saturated rings. The van der Waals surface area contributed by atoms with Crippen LogP contribution in [0.25, 0.3) is 11.6 Å². The van der Waals surface area contributed by atoms with Crippen LogP contribution in [0.2, 0.25) is 0 Å². The van der Waals surface area contributed by atoms with Crippen molar-refractivity contribution in [1.29, 1.82) is 0 Å². The highest BCUT2D eigenvalue weighted by Gasteiger charge is 2.29. The summed E-state index contributed by atoms with van der Waals surface area (Å²) in [6, 6.07) is 3.66. The maximum Gasteiger partial charge on any atom is 0.244 e. The molecule has 0 unspecified atom stereocenters. The molecule has 1 aliphatic rings. The van der Waals surface area contributed by atoms with Crippen LogP contribution in [0, 0.1) is 0 Å².